The molecule has 2 N–H and O–H groups in total. The molecule has 0 aliphatic heterocycles. The summed E-state index contributed by atoms with van der Waals surface area (Å²) in [6.45, 7) is -0.360. The predicted octanol–water partition coefficient (Wildman–Crippen LogP) is 0.649. The van der Waals surface area contributed by atoms with Gasteiger partial charge in [-0.25, -0.2) is 12.7 Å². The van der Waals surface area contributed by atoms with Crippen molar-refractivity contribution in [2.45, 2.75) is 4.90 Å². The molecule has 0 bridgehead atoms. The summed E-state index contributed by atoms with van der Waals surface area (Å²) in [5.41, 5.74) is 4.90. The zero-order valence-corrected chi connectivity index (χ0v) is 16.0. The van der Waals surface area contributed by atoms with Gasteiger partial charge in [-0.05, 0) is 42.5 Å². The first-order valence-corrected chi connectivity index (χ1v) is 9.43. The standard InChI is InChI=1S/C18H18N4O5S/c1-22(2)28(25,26)16-5-3-4-14(10-16)18(24)21-20-17(23)12-27-15-8-6-13(11-19)7-9-15/h3-10H,12H2,1-2H3,(H,20,23)(H,21,24). The lowest BCUT2D eigenvalue weighted by molar-refractivity contribution is -0.123. The Hall–Kier alpha value is -3.42. The van der Waals surface area contributed by atoms with Crippen molar-refractivity contribution in [3.05, 3.63) is 59.7 Å². The SMILES string of the molecule is CN(C)S(=O)(=O)c1cccc(C(=O)NNC(=O)COc2ccc(C#N)cc2)c1. The lowest BCUT2D eigenvalue weighted by Gasteiger charge is -2.12. The van der Waals surface area contributed by atoms with Gasteiger partial charge in [0, 0.05) is 19.7 Å². The Morgan fingerprint density at radius 3 is 2.39 bits per heavy atom. The topological polar surface area (TPSA) is 129 Å². The van der Waals surface area contributed by atoms with Crippen LogP contribution in [0.5, 0.6) is 5.75 Å². The second kappa shape index (κ2) is 8.98. The van der Waals surface area contributed by atoms with Crippen molar-refractivity contribution in [1.29, 1.82) is 5.26 Å². The third-order valence-electron chi connectivity index (χ3n) is 3.54. The number of nitriles is 1. The molecule has 2 rings (SSSR count). The number of sulfonamides is 1. The van der Waals surface area contributed by atoms with Gasteiger partial charge in [-0.15, -0.1) is 0 Å². The number of hydrogen-bond donors (Lipinski definition) is 2. The predicted molar refractivity (Wildman–Crippen MR) is 99.6 cm³/mol. The van der Waals surface area contributed by atoms with Gasteiger partial charge in [0.05, 0.1) is 16.5 Å². The van der Waals surface area contributed by atoms with Crippen LogP contribution in [0.25, 0.3) is 0 Å². The number of amides is 2. The molecule has 0 heterocycles. The quantitative estimate of drug-likeness (QED) is 0.683. The van der Waals surface area contributed by atoms with Crippen LogP contribution in [-0.2, 0) is 14.8 Å². The molecular formula is C18H18N4O5S. The maximum absolute atomic E-state index is 12.1. The van der Waals surface area contributed by atoms with Crippen LogP contribution in [0.1, 0.15) is 15.9 Å². The van der Waals surface area contributed by atoms with E-state index in [0.717, 1.165) is 4.31 Å². The Morgan fingerprint density at radius 1 is 1.11 bits per heavy atom. The molecular weight excluding hydrogens is 384 g/mol. The van der Waals surface area contributed by atoms with E-state index in [1.807, 2.05) is 6.07 Å². The van der Waals surface area contributed by atoms with Gasteiger partial charge in [0.1, 0.15) is 5.75 Å². The van der Waals surface area contributed by atoms with Gasteiger partial charge in [0.15, 0.2) is 6.61 Å². The molecule has 10 heteroatoms. The van der Waals surface area contributed by atoms with Crippen LogP contribution in [-0.4, -0.2) is 45.2 Å². The van der Waals surface area contributed by atoms with E-state index < -0.39 is 21.8 Å². The van der Waals surface area contributed by atoms with Gasteiger partial charge in [-0.1, -0.05) is 6.07 Å². The summed E-state index contributed by atoms with van der Waals surface area (Å²) in [6.07, 6.45) is 0. The monoisotopic (exact) mass is 402 g/mol. The molecule has 0 aliphatic carbocycles. The van der Waals surface area contributed by atoms with E-state index in [0.29, 0.717) is 11.3 Å². The van der Waals surface area contributed by atoms with Gasteiger partial charge < -0.3 is 4.74 Å². The van der Waals surface area contributed by atoms with Crippen molar-refractivity contribution in [3.8, 4) is 11.8 Å². The molecule has 0 unspecified atom stereocenters. The van der Waals surface area contributed by atoms with Crippen LogP contribution in [0.15, 0.2) is 53.4 Å². The second-order valence-corrected chi connectivity index (χ2v) is 7.89. The zero-order chi connectivity index (χ0) is 20.7. The van der Waals surface area contributed by atoms with Crippen molar-refractivity contribution in [2.75, 3.05) is 20.7 Å². The molecule has 0 radical (unpaired) electrons. The third kappa shape index (κ3) is 5.29. The Morgan fingerprint density at radius 2 is 1.79 bits per heavy atom. The number of carbonyl (C=O) groups excluding carboxylic acids is 2. The van der Waals surface area contributed by atoms with Crippen LogP contribution >= 0.6 is 0 Å². The van der Waals surface area contributed by atoms with E-state index in [9.17, 15) is 18.0 Å². The van der Waals surface area contributed by atoms with Crippen molar-refractivity contribution >= 4 is 21.8 Å². The maximum Gasteiger partial charge on any atom is 0.276 e. The maximum atomic E-state index is 12.1. The average Bonchev–Trinajstić information content (AvgIpc) is 2.70. The molecule has 146 valence electrons. The Bertz CT molecular complexity index is 1010. The fourth-order valence-electron chi connectivity index (χ4n) is 2.02. The first-order valence-electron chi connectivity index (χ1n) is 7.99. The zero-order valence-electron chi connectivity index (χ0n) is 15.2. The van der Waals surface area contributed by atoms with Gasteiger partial charge in [-0.2, -0.15) is 5.26 Å². The van der Waals surface area contributed by atoms with Crippen molar-refractivity contribution in [3.63, 3.8) is 0 Å². The fraction of sp³-hybridized carbons (Fsp3) is 0.167. The average molecular weight is 402 g/mol. The van der Waals surface area contributed by atoms with Crippen LogP contribution < -0.4 is 15.6 Å². The number of hydrogen-bond acceptors (Lipinski definition) is 6. The normalized spacial score (nSPS) is 10.8. The number of benzene rings is 2. The molecule has 0 saturated carbocycles. The molecule has 0 saturated heterocycles. The lowest BCUT2D eigenvalue weighted by atomic mass is 10.2. The highest BCUT2D eigenvalue weighted by molar-refractivity contribution is 7.89. The molecule has 0 atom stereocenters. The molecule has 2 aromatic carbocycles. The van der Waals surface area contributed by atoms with Crippen LogP contribution in [0.3, 0.4) is 0 Å². The van der Waals surface area contributed by atoms with E-state index >= 15 is 0 Å². The first-order chi connectivity index (χ1) is 13.2. The van der Waals surface area contributed by atoms with E-state index in [4.69, 9.17) is 10.00 Å². The van der Waals surface area contributed by atoms with E-state index in [2.05, 4.69) is 10.9 Å². The highest BCUT2D eigenvalue weighted by Gasteiger charge is 2.18. The summed E-state index contributed by atoms with van der Waals surface area (Å²) in [6, 6.07) is 13.6. The minimum atomic E-state index is -3.68. The highest BCUT2D eigenvalue weighted by atomic mass is 32.2. The lowest BCUT2D eigenvalue weighted by Crippen LogP contribution is -2.43. The second-order valence-electron chi connectivity index (χ2n) is 5.74. The number of rotatable bonds is 6. The van der Waals surface area contributed by atoms with Gasteiger partial charge >= 0.3 is 0 Å². The number of carbonyl (C=O) groups is 2. The summed E-state index contributed by atoms with van der Waals surface area (Å²) in [5, 5.41) is 8.72. The minimum absolute atomic E-state index is 0.0411. The van der Waals surface area contributed by atoms with Crippen molar-refractivity contribution in [2.24, 2.45) is 0 Å². The molecule has 0 aromatic heterocycles. The van der Waals surface area contributed by atoms with E-state index in [1.54, 1.807) is 24.3 Å². The highest BCUT2D eigenvalue weighted by Crippen LogP contribution is 2.15. The molecule has 2 amide bonds. The van der Waals surface area contributed by atoms with Crippen LogP contribution in [0.4, 0.5) is 0 Å². The Balaban J connectivity index is 1.91. The van der Waals surface area contributed by atoms with Crippen LogP contribution in [0, 0.1) is 11.3 Å². The number of hydrazine groups is 1. The minimum Gasteiger partial charge on any atom is -0.484 e. The number of nitrogens with zero attached hydrogens (tertiary/aromatic N) is 2. The summed E-state index contributed by atoms with van der Waals surface area (Å²) in [7, 11) is -0.912. The largest absolute Gasteiger partial charge is 0.484 e. The summed E-state index contributed by atoms with van der Waals surface area (Å²) >= 11 is 0. The molecule has 9 nitrogen and oxygen atoms in total. The van der Waals surface area contributed by atoms with E-state index in [1.165, 1.54) is 38.4 Å². The fourth-order valence-corrected chi connectivity index (χ4v) is 2.97. The Labute approximate surface area is 162 Å². The number of nitrogens with one attached hydrogen (secondary N) is 2. The summed E-state index contributed by atoms with van der Waals surface area (Å²) in [5.74, 6) is -0.903. The number of ether oxygens (including phenoxy) is 1. The summed E-state index contributed by atoms with van der Waals surface area (Å²) < 4.78 is 30.5. The van der Waals surface area contributed by atoms with Gasteiger partial charge in [-0.3, -0.25) is 20.4 Å². The molecule has 0 fully saturated rings. The molecule has 0 spiro atoms. The van der Waals surface area contributed by atoms with Gasteiger partial charge in [0.25, 0.3) is 11.8 Å². The summed E-state index contributed by atoms with van der Waals surface area (Å²) in [4.78, 5) is 23.9. The van der Waals surface area contributed by atoms with Crippen LogP contribution in [0.2, 0.25) is 0 Å². The molecule has 28 heavy (non-hydrogen) atoms. The van der Waals surface area contributed by atoms with Gasteiger partial charge in [0.2, 0.25) is 10.0 Å². The molecule has 2 aromatic rings. The third-order valence-corrected chi connectivity index (χ3v) is 5.35. The van der Waals surface area contributed by atoms with Crippen molar-refractivity contribution in [1.82, 2.24) is 15.2 Å². The smallest absolute Gasteiger partial charge is 0.276 e. The molecule has 0 aliphatic rings. The Kier molecular flexibility index (Phi) is 6.70. The van der Waals surface area contributed by atoms with E-state index in [-0.39, 0.29) is 17.1 Å². The first kappa shape index (κ1) is 20.9. The van der Waals surface area contributed by atoms with Crippen molar-refractivity contribution < 1.29 is 22.7 Å².